The first-order chi connectivity index (χ1) is 11.6. The lowest BCUT2D eigenvalue weighted by molar-refractivity contribution is 0.0580. The number of nitrogens with zero attached hydrogens (tertiary/aromatic N) is 1. The Balaban J connectivity index is 2.00. The molecule has 0 aliphatic carbocycles. The molecule has 1 atom stereocenters. The summed E-state index contributed by atoms with van der Waals surface area (Å²) in [7, 11) is 0. The highest BCUT2D eigenvalue weighted by atomic mass is 79.9. The number of carbonyl (C=O) groups excluding carboxylic acids is 2. The van der Waals surface area contributed by atoms with Crippen LogP contribution in [0.1, 0.15) is 60.2 Å². The molecular weight excluding hydrogens is 366 g/mol. The summed E-state index contributed by atoms with van der Waals surface area (Å²) < 4.78 is 0.909. The zero-order valence-corrected chi connectivity index (χ0v) is 15.7. The Morgan fingerprint density at radius 2 is 1.75 bits per heavy atom. The molecule has 0 N–H and O–H groups in total. The molecule has 1 aliphatic heterocycles. The molecule has 0 spiro atoms. The van der Waals surface area contributed by atoms with Crippen molar-refractivity contribution in [3.63, 3.8) is 0 Å². The van der Waals surface area contributed by atoms with Crippen molar-refractivity contribution in [1.29, 1.82) is 0 Å². The molecule has 126 valence electrons. The van der Waals surface area contributed by atoms with E-state index in [9.17, 15) is 9.59 Å². The number of rotatable bonds is 6. The number of hydrogen-bond acceptors (Lipinski definition) is 2. The van der Waals surface area contributed by atoms with Gasteiger partial charge in [-0.25, -0.2) is 0 Å². The summed E-state index contributed by atoms with van der Waals surface area (Å²) in [5.74, 6) is 0.0475. The maximum absolute atomic E-state index is 12.9. The third kappa shape index (κ3) is 2.88. The first-order valence-electron chi connectivity index (χ1n) is 8.65. The van der Waals surface area contributed by atoms with E-state index >= 15 is 0 Å². The lowest BCUT2D eigenvalue weighted by atomic mass is 9.92. The summed E-state index contributed by atoms with van der Waals surface area (Å²) >= 11 is 3.52. The van der Waals surface area contributed by atoms with Gasteiger partial charge in [0.1, 0.15) is 0 Å². The molecule has 4 heteroatoms. The topological polar surface area (TPSA) is 37.4 Å². The molecule has 3 rings (SSSR count). The Morgan fingerprint density at radius 1 is 1.04 bits per heavy atom. The maximum atomic E-state index is 12.9. The van der Waals surface area contributed by atoms with E-state index < -0.39 is 0 Å². The molecule has 2 aromatic carbocycles. The number of unbranched alkanes of at least 4 members (excludes halogenated alkanes) is 1. The summed E-state index contributed by atoms with van der Waals surface area (Å²) in [6.07, 6.45) is 4.30. The Kier molecular flexibility index (Phi) is 5.04. The van der Waals surface area contributed by atoms with Crippen LogP contribution in [-0.4, -0.2) is 23.3 Å². The Bertz CT molecular complexity index is 777. The van der Waals surface area contributed by atoms with E-state index in [1.54, 1.807) is 0 Å². The summed E-state index contributed by atoms with van der Waals surface area (Å²) in [5.41, 5.74) is 1.27. The van der Waals surface area contributed by atoms with E-state index in [4.69, 9.17) is 0 Å². The summed E-state index contributed by atoms with van der Waals surface area (Å²) in [4.78, 5) is 27.3. The van der Waals surface area contributed by atoms with Crippen LogP contribution in [0.15, 0.2) is 34.8 Å². The van der Waals surface area contributed by atoms with Crippen LogP contribution in [0.5, 0.6) is 0 Å². The zero-order chi connectivity index (χ0) is 17.3. The van der Waals surface area contributed by atoms with Crippen LogP contribution in [-0.2, 0) is 0 Å². The third-order valence-corrected chi connectivity index (χ3v) is 5.61. The van der Waals surface area contributed by atoms with Gasteiger partial charge >= 0.3 is 0 Å². The van der Waals surface area contributed by atoms with Gasteiger partial charge in [0.15, 0.2) is 0 Å². The fraction of sp³-hybridized carbons (Fsp3) is 0.400. The van der Waals surface area contributed by atoms with Gasteiger partial charge in [-0.15, -0.1) is 0 Å². The number of amides is 2. The van der Waals surface area contributed by atoms with Crippen molar-refractivity contribution in [1.82, 2.24) is 4.90 Å². The number of hydrogen-bond donors (Lipinski definition) is 0. The first kappa shape index (κ1) is 17.2. The van der Waals surface area contributed by atoms with Crippen LogP contribution < -0.4 is 0 Å². The van der Waals surface area contributed by atoms with Crippen LogP contribution in [0, 0.1) is 5.92 Å². The van der Waals surface area contributed by atoms with Crippen LogP contribution >= 0.6 is 15.9 Å². The van der Waals surface area contributed by atoms with E-state index in [-0.39, 0.29) is 11.8 Å². The average Bonchev–Trinajstić information content (AvgIpc) is 2.60. The minimum absolute atomic E-state index is 0.161. The monoisotopic (exact) mass is 387 g/mol. The second-order valence-electron chi connectivity index (χ2n) is 6.46. The largest absolute Gasteiger partial charge is 0.274 e. The van der Waals surface area contributed by atoms with Crippen LogP contribution in [0.2, 0.25) is 0 Å². The average molecular weight is 388 g/mol. The van der Waals surface area contributed by atoms with Gasteiger partial charge < -0.3 is 0 Å². The summed E-state index contributed by atoms with van der Waals surface area (Å²) in [5, 5.41) is 1.70. The van der Waals surface area contributed by atoms with Gasteiger partial charge in [-0.1, -0.05) is 61.2 Å². The molecular formula is C20H22BrNO2. The molecule has 3 nitrogen and oxygen atoms in total. The highest BCUT2D eigenvalue weighted by Crippen LogP contribution is 2.34. The Morgan fingerprint density at radius 3 is 2.42 bits per heavy atom. The SMILES string of the molecule is CCCCC(CC)CN1C(=O)c2cccc3c(Br)ccc(c23)C1=O. The quantitative estimate of drug-likeness (QED) is 0.620. The van der Waals surface area contributed by atoms with Crippen molar-refractivity contribution in [3.05, 3.63) is 45.9 Å². The standard InChI is InChI=1S/C20H22BrNO2/c1-3-5-7-13(4-2)12-22-19(23)15-9-6-8-14-17(21)11-10-16(18(14)15)20(22)24/h6,8-11,13H,3-5,7,12H2,1-2H3. The Hall–Kier alpha value is -1.68. The molecule has 0 fully saturated rings. The van der Waals surface area contributed by atoms with Gasteiger partial charge in [0.2, 0.25) is 0 Å². The van der Waals surface area contributed by atoms with E-state index in [2.05, 4.69) is 29.8 Å². The molecule has 24 heavy (non-hydrogen) atoms. The lowest BCUT2D eigenvalue weighted by Gasteiger charge is -2.30. The van der Waals surface area contributed by atoms with Crippen molar-refractivity contribution in [2.45, 2.75) is 39.5 Å². The van der Waals surface area contributed by atoms with E-state index in [1.807, 2.05) is 30.3 Å². The fourth-order valence-corrected chi connectivity index (χ4v) is 3.91. The van der Waals surface area contributed by atoms with Crippen LogP contribution in [0.3, 0.4) is 0 Å². The van der Waals surface area contributed by atoms with Crippen LogP contribution in [0.25, 0.3) is 10.8 Å². The highest BCUT2D eigenvalue weighted by Gasteiger charge is 2.34. The van der Waals surface area contributed by atoms with Gasteiger partial charge in [0.05, 0.1) is 0 Å². The number of benzene rings is 2. The molecule has 0 bridgehead atoms. The van der Waals surface area contributed by atoms with Crippen molar-refractivity contribution in [2.75, 3.05) is 6.54 Å². The number of imide groups is 1. The highest BCUT2D eigenvalue weighted by molar-refractivity contribution is 9.10. The molecule has 1 unspecified atom stereocenters. The van der Waals surface area contributed by atoms with Gasteiger partial charge in [0.25, 0.3) is 11.8 Å². The molecule has 0 radical (unpaired) electrons. The first-order valence-corrected chi connectivity index (χ1v) is 9.45. The normalized spacial score (nSPS) is 15.2. The van der Waals surface area contributed by atoms with Crippen molar-refractivity contribution < 1.29 is 9.59 Å². The second kappa shape index (κ2) is 7.06. The third-order valence-electron chi connectivity index (χ3n) is 4.92. The molecule has 1 aliphatic rings. The second-order valence-corrected chi connectivity index (χ2v) is 7.31. The lowest BCUT2D eigenvalue weighted by Crippen LogP contribution is -2.43. The van der Waals surface area contributed by atoms with E-state index in [0.29, 0.717) is 23.6 Å². The molecule has 0 saturated carbocycles. The predicted molar refractivity (Wildman–Crippen MR) is 100 cm³/mol. The summed E-state index contributed by atoms with van der Waals surface area (Å²) in [6, 6.07) is 9.37. The Labute approximate surface area is 151 Å². The van der Waals surface area contributed by atoms with Gasteiger partial charge in [0, 0.05) is 27.5 Å². The van der Waals surface area contributed by atoms with Crippen molar-refractivity contribution in [2.24, 2.45) is 5.92 Å². The van der Waals surface area contributed by atoms with Gasteiger partial charge in [-0.2, -0.15) is 0 Å². The van der Waals surface area contributed by atoms with Crippen molar-refractivity contribution in [3.8, 4) is 0 Å². The fourth-order valence-electron chi connectivity index (χ4n) is 3.45. The molecule has 0 aromatic heterocycles. The van der Waals surface area contributed by atoms with Gasteiger partial charge in [-0.05, 0) is 35.9 Å². The smallest absolute Gasteiger partial charge is 0.261 e. The number of halogens is 1. The zero-order valence-electron chi connectivity index (χ0n) is 14.1. The number of carbonyl (C=O) groups is 2. The predicted octanol–water partition coefficient (Wildman–Crippen LogP) is 5.41. The van der Waals surface area contributed by atoms with E-state index in [1.165, 1.54) is 4.90 Å². The van der Waals surface area contributed by atoms with E-state index in [0.717, 1.165) is 40.9 Å². The van der Waals surface area contributed by atoms with Crippen LogP contribution in [0.4, 0.5) is 0 Å². The minimum Gasteiger partial charge on any atom is -0.274 e. The summed E-state index contributed by atoms with van der Waals surface area (Å²) in [6.45, 7) is 4.81. The minimum atomic E-state index is -0.161. The maximum Gasteiger partial charge on any atom is 0.261 e. The van der Waals surface area contributed by atoms with Crippen molar-refractivity contribution >= 4 is 38.5 Å². The molecule has 2 amide bonds. The molecule has 2 aromatic rings. The molecule has 1 heterocycles. The van der Waals surface area contributed by atoms with Gasteiger partial charge in [-0.3, -0.25) is 14.5 Å². The molecule has 0 saturated heterocycles.